The molecule has 0 aliphatic rings. The Morgan fingerprint density at radius 1 is 1.38 bits per heavy atom. The second-order valence-electron chi connectivity index (χ2n) is 1.07. The average molecular weight is 112 g/mol. The van der Waals surface area contributed by atoms with Crippen molar-refractivity contribution in [3.8, 4) is 0 Å². The summed E-state index contributed by atoms with van der Waals surface area (Å²) in [6.07, 6.45) is 5.63. The molecule has 0 aliphatic heterocycles. The van der Waals surface area contributed by atoms with Crippen molar-refractivity contribution in [2.75, 3.05) is 0 Å². The minimum Gasteiger partial charge on any atom is -0.299 e. The zero-order valence-corrected chi connectivity index (χ0v) is 5.42. The van der Waals surface area contributed by atoms with Crippen LogP contribution in [0.2, 0.25) is 0 Å². The molecule has 0 N–H and O–H groups in total. The van der Waals surface area contributed by atoms with E-state index >= 15 is 0 Å². The van der Waals surface area contributed by atoms with Crippen LogP contribution in [0.1, 0.15) is 13.8 Å². The maximum absolute atomic E-state index is 9.32. The van der Waals surface area contributed by atoms with Crippen LogP contribution in [0.25, 0.3) is 0 Å². The molecule has 0 aromatic rings. The number of allylic oxidation sites excluding steroid dienone is 3. The van der Waals surface area contributed by atoms with Crippen molar-refractivity contribution in [3.63, 3.8) is 0 Å². The molecule has 0 amide bonds. The summed E-state index contributed by atoms with van der Waals surface area (Å²) in [4.78, 5) is 9.32. The summed E-state index contributed by atoms with van der Waals surface area (Å²) >= 11 is 0. The van der Waals surface area contributed by atoms with Gasteiger partial charge in [0.15, 0.2) is 0 Å². The van der Waals surface area contributed by atoms with Gasteiger partial charge in [-0.05, 0) is 19.9 Å². The largest absolute Gasteiger partial charge is 0.299 e. The van der Waals surface area contributed by atoms with Crippen LogP contribution in [0, 0.1) is 0 Å². The minimum atomic E-state index is 0.750. The number of aldehydes is 1. The zero-order valence-electron chi connectivity index (χ0n) is 5.42. The van der Waals surface area contributed by atoms with Gasteiger partial charge in [0, 0.05) is 0 Å². The van der Waals surface area contributed by atoms with E-state index < -0.39 is 0 Å². The lowest BCUT2D eigenvalue weighted by Gasteiger charge is -1.51. The number of hydrogen-bond donors (Lipinski definition) is 0. The van der Waals surface area contributed by atoms with Crippen LogP contribution in [-0.2, 0) is 4.79 Å². The molecule has 0 bridgehead atoms. The van der Waals surface area contributed by atoms with Gasteiger partial charge in [-0.1, -0.05) is 12.2 Å². The first-order valence-corrected chi connectivity index (χ1v) is 2.47. The van der Waals surface area contributed by atoms with E-state index in [-0.39, 0.29) is 0 Å². The van der Waals surface area contributed by atoms with E-state index in [9.17, 15) is 4.79 Å². The second-order valence-corrected chi connectivity index (χ2v) is 1.07. The Morgan fingerprint density at radius 2 is 1.75 bits per heavy atom. The van der Waals surface area contributed by atoms with Crippen molar-refractivity contribution >= 4 is 6.29 Å². The molecule has 0 heterocycles. The highest BCUT2D eigenvalue weighted by Crippen LogP contribution is 1.55. The minimum absolute atomic E-state index is 0.750. The van der Waals surface area contributed by atoms with E-state index in [1.54, 1.807) is 19.1 Å². The van der Waals surface area contributed by atoms with E-state index in [2.05, 4.69) is 6.58 Å². The topological polar surface area (TPSA) is 17.1 Å². The molecule has 0 saturated carbocycles. The summed E-state index contributed by atoms with van der Waals surface area (Å²) in [6, 6.07) is 0. The Hall–Kier alpha value is -0.850. The smallest absolute Gasteiger partial charge is 0.142 e. The quantitative estimate of drug-likeness (QED) is 0.288. The lowest BCUT2D eigenvalue weighted by atomic mass is 10.6. The van der Waals surface area contributed by atoms with Crippen LogP contribution in [0.5, 0.6) is 0 Å². The molecule has 0 fully saturated rings. The predicted octanol–water partition coefficient (Wildman–Crippen LogP) is 1.95. The van der Waals surface area contributed by atoms with E-state index in [4.69, 9.17) is 0 Å². The summed E-state index contributed by atoms with van der Waals surface area (Å²) in [6.45, 7) is 7.05. The third-order valence-electron chi connectivity index (χ3n) is 0.271. The van der Waals surface area contributed by atoms with Crippen LogP contribution in [0.15, 0.2) is 24.8 Å². The Balaban J connectivity index is 0. The molecular formula is C7H12O. The molecule has 1 nitrogen and oxygen atoms in total. The molecule has 0 aliphatic carbocycles. The Kier molecular flexibility index (Phi) is 21.0. The molecule has 0 rings (SSSR count). The van der Waals surface area contributed by atoms with Gasteiger partial charge < -0.3 is 0 Å². The third-order valence-corrected chi connectivity index (χ3v) is 0.271. The molecule has 1 heteroatoms. The highest BCUT2D eigenvalue weighted by atomic mass is 16.1. The van der Waals surface area contributed by atoms with E-state index in [0.717, 1.165) is 6.29 Å². The first-order chi connectivity index (χ1) is 3.83. The van der Waals surface area contributed by atoms with Gasteiger partial charge in [-0.2, -0.15) is 0 Å². The summed E-state index contributed by atoms with van der Waals surface area (Å²) in [5, 5.41) is 0. The van der Waals surface area contributed by atoms with E-state index in [1.165, 1.54) is 6.08 Å². The number of rotatable bonds is 1. The van der Waals surface area contributed by atoms with Crippen LogP contribution in [-0.4, -0.2) is 6.29 Å². The van der Waals surface area contributed by atoms with Crippen molar-refractivity contribution in [2.45, 2.75) is 13.8 Å². The highest BCUT2D eigenvalue weighted by Gasteiger charge is 1.48. The molecule has 0 aromatic heterocycles. The van der Waals surface area contributed by atoms with Gasteiger partial charge in [-0.25, -0.2) is 0 Å². The normalized spacial score (nSPS) is 7.25. The molecular weight excluding hydrogens is 100 g/mol. The lowest BCUT2D eigenvalue weighted by Crippen LogP contribution is -1.50. The average Bonchev–Trinajstić information content (AvgIpc) is 1.71. The lowest BCUT2D eigenvalue weighted by molar-refractivity contribution is -0.104. The molecule has 0 radical (unpaired) electrons. The van der Waals surface area contributed by atoms with Crippen molar-refractivity contribution in [2.24, 2.45) is 0 Å². The predicted molar refractivity (Wildman–Crippen MR) is 36.7 cm³/mol. The molecule has 0 unspecified atom stereocenters. The zero-order chi connectivity index (χ0) is 6.83. The van der Waals surface area contributed by atoms with Crippen molar-refractivity contribution in [1.29, 1.82) is 0 Å². The maximum atomic E-state index is 9.32. The highest BCUT2D eigenvalue weighted by molar-refractivity contribution is 5.64. The molecule has 0 saturated heterocycles. The van der Waals surface area contributed by atoms with E-state index in [1.807, 2.05) is 6.92 Å². The second kappa shape index (κ2) is 16.4. The first kappa shape index (κ1) is 10.2. The Morgan fingerprint density at radius 3 is 1.75 bits per heavy atom. The van der Waals surface area contributed by atoms with Crippen molar-refractivity contribution < 1.29 is 4.79 Å². The summed E-state index contributed by atoms with van der Waals surface area (Å²) in [7, 11) is 0. The van der Waals surface area contributed by atoms with Gasteiger partial charge in [0.05, 0.1) is 0 Å². The fourth-order valence-electron chi connectivity index (χ4n) is 0.0786. The molecule has 46 valence electrons. The van der Waals surface area contributed by atoms with Crippen LogP contribution in [0.3, 0.4) is 0 Å². The number of hydrogen-bond acceptors (Lipinski definition) is 1. The van der Waals surface area contributed by atoms with Crippen LogP contribution >= 0.6 is 0 Å². The van der Waals surface area contributed by atoms with E-state index in [0.29, 0.717) is 0 Å². The standard InChI is InChI=1S/C4H6O.C3H6/c1-2-3-4-5;1-3-2/h2-4H,1H3;3H,1H2,2H3. The summed E-state index contributed by atoms with van der Waals surface area (Å²) < 4.78 is 0. The van der Waals surface area contributed by atoms with Crippen molar-refractivity contribution in [1.82, 2.24) is 0 Å². The summed E-state index contributed by atoms with van der Waals surface area (Å²) in [5.74, 6) is 0. The van der Waals surface area contributed by atoms with Crippen LogP contribution in [0.4, 0.5) is 0 Å². The third kappa shape index (κ3) is 67.1. The number of carbonyl (C=O) groups is 1. The van der Waals surface area contributed by atoms with Gasteiger partial charge >= 0.3 is 0 Å². The Bertz CT molecular complexity index is 72.5. The SMILES string of the molecule is C=CC.CC=CC=O. The number of carbonyl (C=O) groups excluding carboxylic acids is 1. The summed E-state index contributed by atoms with van der Waals surface area (Å²) in [5.41, 5.74) is 0. The maximum Gasteiger partial charge on any atom is 0.142 e. The fourth-order valence-corrected chi connectivity index (χ4v) is 0.0786. The molecule has 0 spiro atoms. The van der Waals surface area contributed by atoms with Gasteiger partial charge in [-0.15, -0.1) is 6.58 Å². The molecule has 0 atom stereocenters. The molecule has 8 heavy (non-hydrogen) atoms. The monoisotopic (exact) mass is 112 g/mol. The van der Waals surface area contributed by atoms with Gasteiger partial charge in [-0.3, -0.25) is 4.79 Å². The molecule has 0 aromatic carbocycles. The fraction of sp³-hybridized carbons (Fsp3) is 0.286. The van der Waals surface area contributed by atoms with Crippen LogP contribution < -0.4 is 0 Å². The van der Waals surface area contributed by atoms with Gasteiger partial charge in [0.2, 0.25) is 0 Å². The van der Waals surface area contributed by atoms with Gasteiger partial charge in [0.1, 0.15) is 6.29 Å². The Labute approximate surface area is 50.7 Å². The van der Waals surface area contributed by atoms with Gasteiger partial charge in [0.25, 0.3) is 0 Å². The van der Waals surface area contributed by atoms with Crippen molar-refractivity contribution in [3.05, 3.63) is 24.8 Å². The first-order valence-electron chi connectivity index (χ1n) is 2.47.